The van der Waals surface area contributed by atoms with E-state index in [1.165, 1.54) is 29.7 Å². The predicted molar refractivity (Wildman–Crippen MR) is 120 cm³/mol. The molecule has 2 aliphatic rings. The van der Waals surface area contributed by atoms with Crippen LogP contribution in [0.15, 0.2) is 30.6 Å². The van der Waals surface area contributed by atoms with Crippen LogP contribution in [0.3, 0.4) is 0 Å². The van der Waals surface area contributed by atoms with E-state index in [4.69, 9.17) is 9.72 Å². The Bertz CT molecular complexity index is 1320. The van der Waals surface area contributed by atoms with Gasteiger partial charge in [-0.2, -0.15) is 5.10 Å². The minimum absolute atomic E-state index is 0.0838. The first kappa shape index (κ1) is 18.9. The molecule has 4 aromatic heterocycles. The van der Waals surface area contributed by atoms with Crippen LogP contribution in [0.1, 0.15) is 40.9 Å². The fourth-order valence-electron chi connectivity index (χ4n) is 4.37. The van der Waals surface area contributed by atoms with Gasteiger partial charge < -0.3 is 9.64 Å². The molecule has 31 heavy (non-hydrogen) atoms. The quantitative estimate of drug-likeness (QED) is 0.489. The van der Waals surface area contributed by atoms with Gasteiger partial charge in [0.1, 0.15) is 4.83 Å². The SMILES string of the molecule is C[C@@H]1COCCN1C(=O)c1cc2c(C3CC3)cc(-c3cnc4nn(C)cc4c3)nc2s1. The molecule has 0 N–H and O–H groups in total. The number of hydrogen-bond donors (Lipinski definition) is 0. The summed E-state index contributed by atoms with van der Waals surface area (Å²) in [6.07, 6.45) is 6.20. The highest BCUT2D eigenvalue weighted by Crippen LogP contribution is 2.45. The Morgan fingerprint density at radius 3 is 2.94 bits per heavy atom. The first-order valence-electron chi connectivity index (χ1n) is 10.7. The second-order valence-corrected chi connectivity index (χ2v) is 9.59. The molecule has 1 aliphatic heterocycles. The number of hydrogen-bond acceptors (Lipinski definition) is 6. The van der Waals surface area contributed by atoms with E-state index in [1.54, 1.807) is 4.68 Å². The second-order valence-electron chi connectivity index (χ2n) is 8.56. The van der Waals surface area contributed by atoms with Crippen molar-refractivity contribution in [3.8, 4) is 11.3 Å². The lowest BCUT2D eigenvalue weighted by Gasteiger charge is -2.32. The number of nitrogens with zero attached hydrogens (tertiary/aromatic N) is 5. The van der Waals surface area contributed by atoms with Gasteiger partial charge in [-0.15, -0.1) is 11.3 Å². The van der Waals surface area contributed by atoms with Crippen LogP contribution in [0.2, 0.25) is 0 Å². The summed E-state index contributed by atoms with van der Waals surface area (Å²) >= 11 is 1.50. The van der Waals surface area contributed by atoms with Crippen molar-refractivity contribution in [1.29, 1.82) is 0 Å². The lowest BCUT2D eigenvalue weighted by atomic mass is 10.0. The Labute approximate surface area is 183 Å². The number of rotatable bonds is 3. The summed E-state index contributed by atoms with van der Waals surface area (Å²) in [6.45, 7) is 3.87. The van der Waals surface area contributed by atoms with Crippen molar-refractivity contribution >= 4 is 38.5 Å². The molecule has 1 atom stereocenters. The molecule has 1 saturated carbocycles. The molecule has 0 spiro atoms. The molecule has 5 heterocycles. The standard InChI is InChI=1S/C23H23N5O2S/c1-13-12-30-6-5-28(13)23(29)20-9-18-17(14-3-4-14)8-19(25-22(18)31-20)15-7-16-11-27(2)26-21(16)24-10-15/h7-11,13-14H,3-6,12H2,1-2H3/t13-/m1/s1. The summed E-state index contributed by atoms with van der Waals surface area (Å²) in [4.78, 5) is 26.3. The largest absolute Gasteiger partial charge is 0.377 e. The zero-order valence-corrected chi connectivity index (χ0v) is 18.4. The van der Waals surface area contributed by atoms with E-state index >= 15 is 0 Å². The summed E-state index contributed by atoms with van der Waals surface area (Å²) in [5, 5.41) is 6.48. The summed E-state index contributed by atoms with van der Waals surface area (Å²) in [6, 6.07) is 6.43. The van der Waals surface area contributed by atoms with Gasteiger partial charge in [0.25, 0.3) is 5.91 Å². The Balaban J connectivity index is 1.44. The van der Waals surface area contributed by atoms with Crippen LogP contribution in [0.4, 0.5) is 0 Å². The Hall–Kier alpha value is -2.84. The zero-order chi connectivity index (χ0) is 21.1. The normalized spacial score (nSPS) is 19.4. The van der Waals surface area contributed by atoms with Gasteiger partial charge in [-0.1, -0.05) is 0 Å². The number of morpholine rings is 1. The van der Waals surface area contributed by atoms with Gasteiger partial charge in [-0.05, 0) is 49.4 Å². The van der Waals surface area contributed by atoms with Gasteiger partial charge >= 0.3 is 0 Å². The third-order valence-corrected chi connectivity index (χ3v) is 7.18. The number of carbonyl (C=O) groups is 1. The van der Waals surface area contributed by atoms with Crippen LogP contribution < -0.4 is 0 Å². The minimum Gasteiger partial charge on any atom is -0.377 e. The molecule has 0 bridgehead atoms. The molecule has 8 heteroatoms. The summed E-state index contributed by atoms with van der Waals surface area (Å²) in [7, 11) is 1.90. The molecule has 6 rings (SSSR count). The van der Waals surface area contributed by atoms with Gasteiger partial charge in [-0.3, -0.25) is 9.48 Å². The molecule has 1 amide bonds. The second kappa shape index (κ2) is 7.10. The Morgan fingerprint density at radius 2 is 2.13 bits per heavy atom. The fourth-order valence-corrected chi connectivity index (χ4v) is 5.39. The van der Waals surface area contributed by atoms with Crippen LogP contribution in [0.5, 0.6) is 0 Å². The van der Waals surface area contributed by atoms with Gasteiger partial charge in [0.15, 0.2) is 5.65 Å². The first-order valence-corrected chi connectivity index (χ1v) is 11.5. The van der Waals surface area contributed by atoms with E-state index in [2.05, 4.69) is 28.3 Å². The van der Waals surface area contributed by atoms with Gasteiger partial charge in [-0.25, -0.2) is 9.97 Å². The van der Waals surface area contributed by atoms with Crippen molar-refractivity contribution in [2.24, 2.45) is 7.05 Å². The molecule has 2 fully saturated rings. The van der Waals surface area contributed by atoms with E-state index in [-0.39, 0.29) is 11.9 Å². The van der Waals surface area contributed by atoms with E-state index in [1.807, 2.05) is 31.3 Å². The number of ether oxygens (including phenoxy) is 1. The highest BCUT2D eigenvalue weighted by Gasteiger charge is 2.30. The molecular formula is C23H23N5O2S. The Morgan fingerprint density at radius 1 is 1.26 bits per heavy atom. The highest BCUT2D eigenvalue weighted by molar-refractivity contribution is 7.20. The van der Waals surface area contributed by atoms with E-state index in [9.17, 15) is 4.79 Å². The number of aryl methyl sites for hydroxylation is 1. The first-order chi connectivity index (χ1) is 15.1. The fraction of sp³-hybridized carbons (Fsp3) is 0.391. The van der Waals surface area contributed by atoms with Crippen molar-refractivity contribution in [2.45, 2.75) is 31.7 Å². The molecule has 1 aliphatic carbocycles. The van der Waals surface area contributed by atoms with Gasteiger partial charge in [0.05, 0.1) is 29.8 Å². The number of fused-ring (bicyclic) bond motifs is 2. The number of carbonyl (C=O) groups excluding carboxylic acids is 1. The van der Waals surface area contributed by atoms with Crippen molar-refractivity contribution in [3.63, 3.8) is 0 Å². The molecule has 7 nitrogen and oxygen atoms in total. The highest BCUT2D eigenvalue weighted by atomic mass is 32.1. The van der Waals surface area contributed by atoms with Crippen LogP contribution in [0, 0.1) is 0 Å². The number of pyridine rings is 2. The molecule has 0 aromatic carbocycles. The van der Waals surface area contributed by atoms with Crippen molar-refractivity contribution < 1.29 is 9.53 Å². The molecule has 1 saturated heterocycles. The topological polar surface area (TPSA) is 73.1 Å². The van der Waals surface area contributed by atoms with Crippen LogP contribution in [0.25, 0.3) is 32.5 Å². The van der Waals surface area contributed by atoms with Crippen molar-refractivity contribution in [1.82, 2.24) is 24.6 Å². The lowest BCUT2D eigenvalue weighted by Crippen LogP contribution is -2.46. The van der Waals surface area contributed by atoms with Gasteiger partial charge in [0, 0.05) is 42.3 Å². The number of thiophene rings is 1. The van der Waals surface area contributed by atoms with Crippen LogP contribution in [-0.4, -0.2) is 56.4 Å². The minimum atomic E-state index is 0.0838. The molecule has 4 aromatic rings. The zero-order valence-electron chi connectivity index (χ0n) is 17.5. The number of aromatic nitrogens is 4. The molecule has 0 radical (unpaired) electrons. The molecular weight excluding hydrogens is 410 g/mol. The summed E-state index contributed by atoms with van der Waals surface area (Å²) in [5.74, 6) is 0.639. The van der Waals surface area contributed by atoms with E-state index in [0.717, 1.165) is 37.4 Å². The van der Waals surface area contributed by atoms with Crippen LogP contribution >= 0.6 is 11.3 Å². The third kappa shape index (κ3) is 3.30. The van der Waals surface area contributed by atoms with Crippen LogP contribution in [-0.2, 0) is 11.8 Å². The van der Waals surface area contributed by atoms with Crippen molar-refractivity contribution in [3.05, 3.63) is 41.0 Å². The monoisotopic (exact) mass is 433 g/mol. The molecule has 158 valence electrons. The van der Waals surface area contributed by atoms with E-state index < -0.39 is 0 Å². The summed E-state index contributed by atoms with van der Waals surface area (Å²) in [5.41, 5.74) is 3.93. The van der Waals surface area contributed by atoms with E-state index in [0.29, 0.717) is 25.7 Å². The average molecular weight is 434 g/mol. The average Bonchev–Trinajstić information content (AvgIpc) is 3.40. The maximum absolute atomic E-state index is 13.2. The Kier molecular flexibility index (Phi) is 4.33. The predicted octanol–water partition coefficient (Wildman–Crippen LogP) is 3.98. The lowest BCUT2D eigenvalue weighted by molar-refractivity contribution is 0.00387. The third-order valence-electron chi connectivity index (χ3n) is 6.16. The van der Waals surface area contributed by atoms with Gasteiger partial charge in [0.2, 0.25) is 0 Å². The molecule has 0 unspecified atom stereocenters. The van der Waals surface area contributed by atoms with Crippen molar-refractivity contribution in [2.75, 3.05) is 19.8 Å². The summed E-state index contributed by atoms with van der Waals surface area (Å²) < 4.78 is 7.27. The maximum atomic E-state index is 13.2. The number of amides is 1. The maximum Gasteiger partial charge on any atom is 0.264 e. The smallest absolute Gasteiger partial charge is 0.264 e.